The van der Waals surface area contributed by atoms with Gasteiger partial charge in [0.15, 0.2) is 0 Å². The topological polar surface area (TPSA) is 3.24 Å². The molecule has 0 bridgehead atoms. The lowest BCUT2D eigenvalue weighted by Crippen LogP contribution is -2.15. The molecule has 0 saturated carbocycles. The predicted octanol–water partition coefficient (Wildman–Crippen LogP) is 4.02. The van der Waals surface area contributed by atoms with E-state index in [1.807, 2.05) is 7.05 Å². The van der Waals surface area contributed by atoms with Gasteiger partial charge in [0.05, 0.1) is 5.02 Å². The van der Waals surface area contributed by atoms with Gasteiger partial charge in [-0.1, -0.05) is 17.7 Å². The monoisotopic (exact) mass is 243 g/mol. The van der Waals surface area contributed by atoms with E-state index < -0.39 is 0 Å². The Morgan fingerprint density at radius 2 is 2.20 bits per heavy atom. The molecule has 80 valence electrons. The van der Waals surface area contributed by atoms with Crippen LogP contribution in [0.4, 0.5) is 4.39 Å². The van der Waals surface area contributed by atoms with Crippen molar-refractivity contribution in [2.45, 2.75) is 12.3 Å². The van der Waals surface area contributed by atoms with Crippen molar-refractivity contribution in [1.29, 1.82) is 0 Å². The molecule has 0 aliphatic carbocycles. The molecular formula is C11H11ClFNS. The van der Waals surface area contributed by atoms with E-state index in [1.165, 1.54) is 11.8 Å². The van der Waals surface area contributed by atoms with Crippen LogP contribution >= 0.6 is 23.4 Å². The summed E-state index contributed by atoms with van der Waals surface area (Å²) in [4.78, 5) is 2.15. The van der Waals surface area contributed by atoms with Gasteiger partial charge in [0.1, 0.15) is 11.2 Å². The van der Waals surface area contributed by atoms with E-state index in [2.05, 4.69) is 17.2 Å². The smallest absolute Gasteiger partial charge is 0.141 e. The Morgan fingerprint density at radius 3 is 2.73 bits per heavy atom. The highest BCUT2D eigenvalue weighted by atomic mass is 35.5. The van der Waals surface area contributed by atoms with E-state index in [9.17, 15) is 4.39 Å². The Kier molecular flexibility index (Phi) is 2.94. The molecule has 1 aliphatic heterocycles. The van der Waals surface area contributed by atoms with Crippen LogP contribution in [0, 0.1) is 5.82 Å². The predicted molar refractivity (Wildman–Crippen MR) is 63.3 cm³/mol. The Balaban J connectivity index is 2.28. The molecule has 15 heavy (non-hydrogen) atoms. The first-order valence-corrected chi connectivity index (χ1v) is 5.91. The third-order valence-electron chi connectivity index (χ3n) is 2.50. The van der Waals surface area contributed by atoms with Crippen LogP contribution < -0.4 is 0 Å². The largest absolute Gasteiger partial charge is 0.361 e. The van der Waals surface area contributed by atoms with Crippen LogP contribution in [0.2, 0.25) is 5.02 Å². The van der Waals surface area contributed by atoms with Gasteiger partial charge in [-0.05, 0) is 30.0 Å². The van der Waals surface area contributed by atoms with Crippen LogP contribution in [0.1, 0.15) is 17.9 Å². The van der Waals surface area contributed by atoms with Crippen molar-refractivity contribution in [3.63, 3.8) is 0 Å². The number of hydrogen-bond donors (Lipinski definition) is 0. The molecule has 0 N–H and O–H groups in total. The zero-order valence-corrected chi connectivity index (χ0v) is 10.1. The first kappa shape index (κ1) is 10.8. The van der Waals surface area contributed by atoms with Gasteiger partial charge >= 0.3 is 0 Å². The summed E-state index contributed by atoms with van der Waals surface area (Å²) >= 11 is 7.47. The molecule has 0 fully saturated rings. The summed E-state index contributed by atoms with van der Waals surface area (Å²) in [7, 11) is 2.02. The van der Waals surface area contributed by atoms with Crippen molar-refractivity contribution in [2.75, 3.05) is 7.05 Å². The maximum Gasteiger partial charge on any atom is 0.141 e. The summed E-state index contributed by atoms with van der Waals surface area (Å²) in [5.74, 6) is -0.365. The van der Waals surface area contributed by atoms with Gasteiger partial charge in [-0.15, -0.1) is 11.8 Å². The van der Waals surface area contributed by atoms with Crippen LogP contribution in [-0.4, -0.2) is 11.9 Å². The number of rotatable bonds is 1. The Morgan fingerprint density at radius 1 is 1.47 bits per heavy atom. The Hall–Kier alpha value is -0.670. The normalized spacial score (nSPS) is 20.7. The molecule has 1 unspecified atom stereocenters. The molecule has 1 aromatic carbocycles. The molecule has 4 heteroatoms. The highest BCUT2D eigenvalue weighted by Gasteiger charge is 2.22. The van der Waals surface area contributed by atoms with Crippen molar-refractivity contribution in [3.8, 4) is 0 Å². The fourth-order valence-corrected chi connectivity index (χ4v) is 2.82. The van der Waals surface area contributed by atoms with E-state index in [4.69, 9.17) is 11.6 Å². The summed E-state index contributed by atoms with van der Waals surface area (Å²) in [6.45, 7) is 2.05. The highest BCUT2D eigenvalue weighted by molar-refractivity contribution is 8.02. The van der Waals surface area contributed by atoms with Gasteiger partial charge in [-0.25, -0.2) is 4.39 Å². The number of halogens is 2. The summed E-state index contributed by atoms with van der Waals surface area (Å²) in [6.07, 6.45) is 0. The third kappa shape index (κ3) is 1.99. The van der Waals surface area contributed by atoms with Crippen LogP contribution in [-0.2, 0) is 0 Å². The molecule has 0 radical (unpaired) electrons. The standard InChI is InChI=1S/C11H11ClFNS/c1-7-6-15-11(14(7)2)8-3-4-10(13)9(12)5-8/h3-6,11H,1-2H3. The molecule has 1 aliphatic rings. The fourth-order valence-electron chi connectivity index (χ4n) is 1.49. The van der Waals surface area contributed by atoms with E-state index in [0.29, 0.717) is 0 Å². The maximum absolute atomic E-state index is 13.0. The molecule has 1 heterocycles. The van der Waals surface area contributed by atoms with Crippen molar-refractivity contribution < 1.29 is 4.39 Å². The van der Waals surface area contributed by atoms with Crippen LogP contribution in [0.5, 0.6) is 0 Å². The first-order valence-electron chi connectivity index (χ1n) is 4.59. The lowest BCUT2D eigenvalue weighted by molar-refractivity contribution is 0.412. The SMILES string of the molecule is CC1=CSC(c2ccc(F)c(Cl)c2)N1C. The number of allylic oxidation sites excluding steroid dienone is 1. The Labute approximate surface area is 97.9 Å². The average Bonchev–Trinajstić information content (AvgIpc) is 2.53. The van der Waals surface area contributed by atoms with Gasteiger partial charge in [0.25, 0.3) is 0 Å². The maximum atomic E-state index is 13.0. The zero-order valence-electron chi connectivity index (χ0n) is 8.50. The molecule has 1 aromatic rings. The lowest BCUT2D eigenvalue weighted by atomic mass is 10.2. The molecule has 0 amide bonds. The van der Waals surface area contributed by atoms with Crippen molar-refractivity contribution in [2.24, 2.45) is 0 Å². The van der Waals surface area contributed by atoms with Gasteiger partial charge < -0.3 is 4.90 Å². The minimum Gasteiger partial charge on any atom is -0.361 e. The van der Waals surface area contributed by atoms with E-state index >= 15 is 0 Å². The van der Waals surface area contributed by atoms with E-state index in [-0.39, 0.29) is 16.2 Å². The number of benzene rings is 1. The molecule has 0 aromatic heterocycles. The average molecular weight is 244 g/mol. The van der Waals surface area contributed by atoms with Crippen LogP contribution in [0.25, 0.3) is 0 Å². The summed E-state index contributed by atoms with van der Waals surface area (Å²) in [6, 6.07) is 4.89. The number of nitrogens with zero attached hydrogens (tertiary/aromatic N) is 1. The second-order valence-corrected chi connectivity index (χ2v) is 4.89. The summed E-state index contributed by atoms with van der Waals surface area (Å²) in [5, 5.41) is 2.50. The van der Waals surface area contributed by atoms with Gasteiger partial charge in [-0.2, -0.15) is 0 Å². The second-order valence-electron chi connectivity index (χ2n) is 3.53. The van der Waals surface area contributed by atoms with Crippen LogP contribution in [0.15, 0.2) is 29.3 Å². The minimum absolute atomic E-state index is 0.186. The third-order valence-corrected chi connectivity index (χ3v) is 4.12. The number of hydrogen-bond acceptors (Lipinski definition) is 2. The number of thioether (sulfide) groups is 1. The summed E-state index contributed by atoms with van der Waals surface area (Å²) in [5.41, 5.74) is 2.24. The minimum atomic E-state index is -0.365. The molecule has 1 nitrogen and oxygen atoms in total. The zero-order chi connectivity index (χ0) is 11.0. The molecular weight excluding hydrogens is 233 g/mol. The lowest BCUT2D eigenvalue weighted by Gasteiger charge is -2.23. The fraction of sp³-hybridized carbons (Fsp3) is 0.273. The highest BCUT2D eigenvalue weighted by Crippen LogP contribution is 2.41. The molecule has 0 spiro atoms. The van der Waals surface area contributed by atoms with Crippen molar-refractivity contribution in [3.05, 3.63) is 45.7 Å². The van der Waals surface area contributed by atoms with E-state index in [0.717, 1.165) is 5.56 Å². The summed E-state index contributed by atoms with van der Waals surface area (Å²) < 4.78 is 13.0. The van der Waals surface area contributed by atoms with Gasteiger partial charge in [0.2, 0.25) is 0 Å². The van der Waals surface area contributed by atoms with E-state index in [1.54, 1.807) is 23.9 Å². The second kappa shape index (κ2) is 4.06. The van der Waals surface area contributed by atoms with Crippen LogP contribution in [0.3, 0.4) is 0 Å². The molecule has 2 rings (SSSR count). The van der Waals surface area contributed by atoms with Crippen molar-refractivity contribution in [1.82, 2.24) is 4.90 Å². The molecule has 0 saturated heterocycles. The van der Waals surface area contributed by atoms with Crippen molar-refractivity contribution >= 4 is 23.4 Å². The quantitative estimate of drug-likeness (QED) is 0.733. The van der Waals surface area contributed by atoms with Gasteiger partial charge in [-0.3, -0.25) is 0 Å². The first-order chi connectivity index (χ1) is 7.09. The van der Waals surface area contributed by atoms with Gasteiger partial charge in [0, 0.05) is 12.7 Å². The molecule has 1 atom stereocenters. The Bertz CT molecular complexity index is 419.